The zero-order valence-corrected chi connectivity index (χ0v) is 12.1. The highest BCUT2D eigenvalue weighted by Crippen LogP contribution is 2.18. The summed E-state index contributed by atoms with van der Waals surface area (Å²) in [6, 6.07) is 15.1. The minimum atomic E-state index is -0.495. The van der Waals surface area contributed by atoms with Gasteiger partial charge in [0.1, 0.15) is 0 Å². The Morgan fingerprint density at radius 2 is 2.04 bits per heavy atom. The van der Waals surface area contributed by atoms with Crippen LogP contribution in [0.4, 0.5) is 5.69 Å². The van der Waals surface area contributed by atoms with Crippen LogP contribution in [-0.2, 0) is 11.3 Å². The van der Waals surface area contributed by atoms with Crippen molar-refractivity contribution in [3.63, 3.8) is 0 Å². The fourth-order valence-corrected chi connectivity index (χ4v) is 1.96. The number of nitrogens with zero attached hydrogens (tertiary/aromatic N) is 2. The lowest BCUT2D eigenvalue weighted by Crippen LogP contribution is -2.20. The van der Waals surface area contributed by atoms with Crippen molar-refractivity contribution in [3.05, 3.63) is 81.4 Å². The van der Waals surface area contributed by atoms with Gasteiger partial charge < -0.3 is 5.32 Å². The molecule has 0 saturated heterocycles. The van der Waals surface area contributed by atoms with Gasteiger partial charge >= 0.3 is 0 Å². The summed E-state index contributed by atoms with van der Waals surface area (Å²) in [5.41, 5.74) is 1.63. The van der Waals surface area contributed by atoms with Crippen LogP contribution in [0.5, 0.6) is 0 Å². The van der Waals surface area contributed by atoms with Crippen LogP contribution in [0.25, 0.3) is 6.08 Å². The van der Waals surface area contributed by atoms with E-state index in [2.05, 4.69) is 5.32 Å². The van der Waals surface area contributed by atoms with Crippen LogP contribution in [0, 0.1) is 21.4 Å². The molecule has 0 radical (unpaired) electrons. The molecule has 0 aliphatic rings. The Balaban J connectivity index is 2.00. The van der Waals surface area contributed by atoms with E-state index >= 15 is 0 Å². The summed E-state index contributed by atoms with van der Waals surface area (Å²) in [6.07, 6.45) is 2.65. The monoisotopic (exact) mass is 307 g/mol. The summed E-state index contributed by atoms with van der Waals surface area (Å²) in [5.74, 6) is -0.370. The summed E-state index contributed by atoms with van der Waals surface area (Å²) >= 11 is 0. The van der Waals surface area contributed by atoms with Gasteiger partial charge in [0, 0.05) is 18.7 Å². The number of carbonyl (C=O) groups excluding carboxylic acids is 1. The molecule has 6 heteroatoms. The normalized spacial score (nSPS) is 10.2. The fraction of sp³-hybridized carbons (Fsp3) is 0.0588. The van der Waals surface area contributed by atoms with Crippen LogP contribution in [0.3, 0.4) is 0 Å². The zero-order valence-electron chi connectivity index (χ0n) is 12.1. The molecule has 2 aromatic rings. The number of para-hydroxylation sites is 1. The van der Waals surface area contributed by atoms with E-state index in [1.807, 2.05) is 6.07 Å². The Morgan fingerprint density at radius 1 is 1.26 bits per heavy atom. The second-order valence-corrected chi connectivity index (χ2v) is 4.68. The maximum Gasteiger partial charge on any atom is 0.276 e. The molecular weight excluding hydrogens is 294 g/mol. The Kier molecular flexibility index (Phi) is 5.21. The predicted octanol–water partition coefficient (Wildman–Crippen LogP) is 2.80. The predicted molar refractivity (Wildman–Crippen MR) is 85.1 cm³/mol. The standard InChI is InChI=1S/C17H13N3O3/c18-11-13-4-3-5-14(10-13)12-19-17(21)9-8-15-6-1-2-7-16(15)20(22)23/h1-10H,12H2,(H,19,21)/b9-8+. The van der Waals surface area contributed by atoms with Gasteiger partial charge in [0.25, 0.3) is 5.69 Å². The van der Waals surface area contributed by atoms with E-state index in [0.29, 0.717) is 11.1 Å². The van der Waals surface area contributed by atoms with E-state index < -0.39 is 4.92 Å². The SMILES string of the molecule is N#Cc1cccc(CNC(=O)/C=C/c2ccccc2[N+](=O)[O-])c1. The first-order valence-electron chi connectivity index (χ1n) is 6.78. The van der Waals surface area contributed by atoms with Gasteiger partial charge in [-0.2, -0.15) is 5.26 Å². The number of rotatable bonds is 5. The first-order valence-corrected chi connectivity index (χ1v) is 6.78. The second-order valence-electron chi connectivity index (χ2n) is 4.68. The molecule has 0 heterocycles. The number of nitro benzene ring substituents is 1. The number of nitriles is 1. The molecule has 6 nitrogen and oxygen atoms in total. The van der Waals surface area contributed by atoms with Crippen LogP contribution in [-0.4, -0.2) is 10.8 Å². The zero-order chi connectivity index (χ0) is 16.7. The van der Waals surface area contributed by atoms with Gasteiger partial charge in [0.15, 0.2) is 0 Å². The molecule has 0 aliphatic carbocycles. The Morgan fingerprint density at radius 3 is 2.78 bits per heavy atom. The third-order valence-electron chi connectivity index (χ3n) is 3.07. The molecule has 23 heavy (non-hydrogen) atoms. The summed E-state index contributed by atoms with van der Waals surface area (Å²) in [6.45, 7) is 0.273. The van der Waals surface area contributed by atoms with E-state index in [4.69, 9.17) is 5.26 Å². The smallest absolute Gasteiger partial charge is 0.276 e. The minimum absolute atomic E-state index is 0.0572. The molecule has 0 unspecified atom stereocenters. The average Bonchev–Trinajstić information content (AvgIpc) is 2.58. The maximum atomic E-state index is 11.8. The van der Waals surface area contributed by atoms with Crippen molar-refractivity contribution in [2.75, 3.05) is 0 Å². The summed E-state index contributed by atoms with van der Waals surface area (Å²) < 4.78 is 0. The number of carbonyl (C=O) groups is 1. The van der Waals surface area contributed by atoms with Crippen LogP contribution >= 0.6 is 0 Å². The molecule has 2 aromatic carbocycles. The lowest BCUT2D eigenvalue weighted by atomic mass is 10.1. The van der Waals surface area contributed by atoms with Crippen molar-refractivity contribution in [3.8, 4) is 6.07 Å². The number of amides is 1. The topological polar surface area (TPSA) is 96.0 Å². The molecule has 0 saturated carbocycles. The quantitative estimate of drug-likeness (QED) is 0.522. The molecule has 2 rings (SSSR count). The third-order valence-corrected chi connectivity index (χ3v) is 3.07. The number of benzene rings is 2. The van der Waals surface area contributed by atoms with Gasteiger partial charge in [-0.05, 0) is 29.8 Å². The fourth-order valence-electron chi connectivity index (χ4n) is 1.96. The summed E-state index contributed by atoms with van der Waals surface area (Å²) in [4.78, 5) is 22.2. The third kappa shape index (κ3) is 4.51. The Labute approximate surface area is 132 Å². The molecule has 0 atom stereocenters. The van der Waals surface area contributed by atoms with Crippen molar-refractivity contribution in [2.24, 2.45) is 0 Å². The maximum absolute atomic E-state index is 11.8. The van der Waals surface area contributed by atoms with Crippen molar-refractivity contribution < 1.29 is 9.72 Å². The van der Waals surface area contributed by atoms with Crippen molar-refractivity contribution >= 4 is 17.7 Å². The van der Waals surface area contributed by atoms with Gasteiger partial charge in [0.2, 0.25) is 5.91 Å². The molecule has 1 amide bonds. The Hall–Kier alpha value is -3.46. The number of nitro groups is 1. The largest absolute Gasteiger partial charge is 0.348 e. The second kappa shape index (κ2) is 7.52. The lowest BCUT2D eigenvalue weighted by Gasteiger charge is -2.03. The van der Waals surface area contributed by atoms with Crippen molar-refractivity contribution in [1.29, 1.82) is 5.26 Å². The van der Waals surface area contributed by atoms with Gasteiger partial charge in [0.05, 0.1) is 22.1 Å². The number of nitrogens with one attached hydrogen (secondary N) is 1. The average molecular weight is 307 g/mol. The van der Waals surface area contributed by atoms with E-state index in [1.165, 1.54) is 18.2 Å². The van der Waals surface area contributed by atoms with Gasteiger partial charge in [-0.15, -0.1) is 0 Å². The van der Waals surface area contributed by atoms with Crippen LogP contribution in [0.15, 0.2) is 54.6 Å². The molecular formula is C17H13N3O3. The highest BCUT2D eigenvalue weighted by atomic mass is 16.6. The number of hydrogen-bond donors (Lipinski definition) is 1. The molecule has 0 spiro atoms. The highest BCUT2D eigenvalue weighted by Gasteiger charge is 2.09. The summed E-state index contributed by atoms with van der Waals surface area (Å²) in [5, 5.41) is 22.4. The van der Waals surface area contributed by atoms with Crippen LogP contribution in [0.1, 0.15) is 16.7 Å². The first-order chi connectivity index (χ1) is 11.1. The van der Waals surface area contributed by atoms with Crippen LogP contribution < -0.4 is 5.32 Å². The van der Waals surface area contributed by atoms with Crippen molar-refractivity contribution in [1.82, 2.24) is 5.32 Å². The van der Waals surface area contributed by atoms with Crippen LogP contribution in [0.2, 0.25) is 0 Å². The van der Waals surface area contributed by atoms with E-state index in [1.54, 1.807) is 42.5 Å². The first kappa shape index (κ1) is 15.9. The van der Waals surface area contributed by atoms with E-state index in [-0.39, 0.29) is 18.1 Å². The van der Waals surface area contributed by atoms with Gasteiger partial charge in [-0.3, -0.25) is 14.9 Å². The highest BCUT2D eigenvalue weighted by molar-refractivity contribution is 5.92. The minimum Gasteiger partial charge on any atom is -0.348 e. The molecule has 0 aromatic heterocycles. The number of hydrogen-bond acceptors (Lipinski definition) is 4. The lowest BCUT2D eigenvalue weighted by molar-refractivity contribution is -0.385. The van der Waals surface area contributed by atoms with Gasteiger partial charge in [-0.25, -0.2) is 0 Å². The Bertz CT molecular complexity index is 807. The molecule has 0 aliphatic heterocycles. The molecule has 0 fully saturated rings. The summed E-state index contributed by atoms with van der Waals surface area (Å²) in [7, 11) is 0. The molecule has 114 valence electrons. The van der Waals surface area contributed by atoms with Crippen molar-refractivity contribution in [2.45, 2.75) is 6.54 Å². The molecule has 0 bridgehead atoms. The van der Waals surface area contributed by atoms with E-state index in [9.17, 15) is 14.9 Å². The van der Waals surface area contributed by atoms with E-state index in [0.717, 1.165) is 5.56 Å². The van der Waals surface area contributed by atoms with Gasteiger partial charge in [-0.1, -0.05) is 24.3 Å². The molecule has 1 N–H and O–H groups in total.